The van der Waals surface area contributed by atoms with E-state index >= 15 is 0 Å². The zero-order valence-electron chi connectivity index (χ0n) is 10.5. The fourth-order valence-electron chi connectivity index (χ4n) is 1.74. The standard InChI is InChI=1S/C12H19NO4/c1-8(9(14)15)12(6-5-7-12)13-10(16)17-11(2,3)4/h1,5-7H2,2-4H3,(H,13,16)(H,14,15). The molecule has 0 radical (unpaired) electrons. The summed E-state index contributed by atoms with van der Waals surface area (Å²) in [5.74, 6) is -1.08. The van der Waals surface area contributed by atoms with Gasteiger partial charge in [0.2, 0.25) is 0 Å². The van der Waals surface area contributed by atoms with Crippen molar-refractivity contribution in [3.05, 3.63) is 12.2 Å². The van der Waals surface area contributed by atoms with E-state index in [0.29, 0.717) is 12.8 Å². The number of amides is 1. The molecule has 1 aliphatic carbocycles. The Morgan fingerprint density at radius 1 is 1.35 bits per heavy atom. The summed E-state index contributed by atoms with van der Waals surface area (Å²) in [7, 11) is 0. The molecule has 1 rings (SSSR count). The SMILES string of the molecule is C=C(C(=O)O)C1(NC(=O)OC(C)(C)C)CCC1. The van der Waals surface area contributed by atoms with Crippen molar-refractivity contribution in [2.45, 2.75) is 51.2 Å². The zero-order valence-corrected chi connectivity index (χ0v) is 10.5. The molecule has 1 amide bonds. The number of hydrogen-bond acceptors (Lipinski definition) is 3. The number of ether oxygens (including phenoxy) is 1. The van der Waals surface area contributed by atoms with Gasteiger partial charge in [-0.3, -0.25) is 0 Å². The van der Waals surface area contributed by atoms with Gasteiger partial charge >= 0.3 is 12.1 Å². The van der Waals surface area contributed by atoms with Crippen molar-refractivity contribution in [2.24, 2.45) is 0 Å². The average molecular weight is 241 g/mol. The number of hydrogen-bond donors (Lipinski definition) is 2. The summed E-state index contributed by atoms with van der Waals surface area (Å²) < 4.78 is 5.11. The molecule has 1 aliphatic rings. The van der Waals surface area contributed by atoms with Crippen LogP contribution in [-0.2, 0) is 9.53 Å². The molecular formula is C12H19NO4. The molecule has 2 N–H and O–H groups in total. The Labute approximate surface area is 101 Å². The van der Waals surface area contributed by atoms with Gasteiger partial charge in [-0.2, -0.15) is 0 Å². The topological polar surface area (TPSA) is 75.6 Å². The number of carboxylic acids is 1. The third-order valence-electron chi connectivity index (χ3n) is 2.78. The summed E-state index contributed by atoms with van der Waals surface area (Å²) in [5.41, 5.74) is -1.40. The van der Waals surface area contributed by atoms with Crippen molar-refractivity contribution >= 4 is 12.1 Å². The molecule has 5 nitrogen and oxygen atoms in total. The highest BCUT2D eigenvalue weighted by Crippen LogP contribution is 2.37. The van der Waals surface area contributed by atoms with Crippen LogP contribution in [0.25, 0.3) is 0 Å². The maximum absolute atomic E-state index is 11.6. The molecular weight excluding hydrogens is 222 g/mol. The number of carbonyl (C=O) groups is 2. The summed E-state index contributed by atoms with van der Waals surface area (Å²) in [4.78, 5) is 22.5. The van der Waals surface area contributed by atoms with Crippen LogP contribution in [0.3, 0.4) is 0 Å². The highest BCUT2D eigenvalue weighted by atomic mass is 16.6. The number of carbonyl (C=O) groups excluding carboxylic acids is 1. The minimum Gasteiger partial charge on any atom is -0.478 e. The van der Waals surface area contributed by atoms with Crippen molar-refractivity contribution in [1.82, 2.24) is 5.32 Å². The molecule has 0 aromatic carbocycles. The van der Waals surface area contributed by atoms with E-state index in [2.05, 4.69) is 11.9 Å². The Bertz CT molecular complexity index is 350. The second-order valence-corrected chi connectivity index (χ2v) is 5.35. The van der Waals surface area contributed by atoms with Gasteiger partial charge in [-0.15, -0.1) is 0 Å². The highest BCUT2D eigenvalue weighted by molar-refractivity contribution is 5.90. The predicted molar refractivity (Wildman–Crippen MR) is 62.7 cm³/mol. The van der Waals surface area contributed by atoms with Gasteiger partial charge in [-0.05, 0) is 40.0 Å². The van der Waals surface area contributed by atoms with Gasteiger partial charge < -0.3 is 15.2 Å². The summed E-state index contributed by atoms with van der Waals surface area (Å²) >= 11 is 0. The minimum atomic E-state index is -1.08. The van der Waals surface area contributed by atoms with E-state index in [0.717, 1.165) is 6.42 Å². The first-order valence-corrected chi connectivity index (χ1v) is 5.60. The molecule has 0 aliphatic heterocycles. The number of nitrogens with one attached hydrogen (secondary N) is 1. The van der Waals surface area contributed by atoms with Gasteiger partial charge in [0.15, 0.2) is 0 Å². The Kier molecular flexibility index (Phi) is 3.50. The van der Waals surface area contributed by atoms with E-state index in [1.165, 1.54) is 0 Å². The lowest BCUT2D eigenvalue weighted by atomic mass is 9.72. The molecule has 1 saturated carbocycles. The minimum absolute atomic E-state index is 0.0228. The smallest absolute Gasteiger partial charge is 0.408 e. The van der Waals surface area contributed by atoms with E-state index in [1.54, 1.807) is 20.8 Å². The van der Waals surface area contributed by atoms with Crippen LogP contribution in [0.5, 0.6) is 0 Å². The third-order valence-corrected chi connectivity index (χ3v) is 2.78. The van der Waals surface area contributed by atoms with Crippen molar-refractivity contribution in [3.8, 4) is 0 Å². The van der Waals surface area contributed by atoms with Gasteiger partial charge in [0, 0.05) is 0 Å². The largest absolute Gasteiger partial charge is 0.478 e. The van der Waals surface area contributed by atoms with Crippen LogP contribution >= 0.6 is 0 Å². The number of aliphatic carboxylic acids is 1. The first-order valence-electron chi connectivity index (χ1n) is 5.60. The molecule has 1 fully saturated rings. The molecule has 0 bridgehead atoms. The summed E-state index contributed by atoms with van der Waals surface area (Å²) in [6.45, 7) is 8.80. The predicted octanol–water partition coefficient (Wildman–Crippen LogP) is 2.07. The number of rotatable bonds is 3. The molecule has 96 valence electrons. The normalized spacial score (nSPS) is 17.8. The molecule has 0 spiro atoms. The fraction of sp³-hybridized carbons (Fsp3) is 0.667. The van der Waals surface area contributed by atoms with Crippen LogP contribution in [0.1, 0.15) is 40.0 Å². The van der Waals surface area contributed by atoms with Gasteiger partial charge in [0.1, 0.15) is 5.60 Å². The lowest BCUT2D eigenvalue weighted by Crippen LogP contribution is -2.56. The second kappa shape index (κ2) is 4.39. The first-order chi connectivity index (χ1) is 7.66. The molecule has 17 heavy (non-hydrogen) atoms. The molecule has 5 heteroatoms. The summed E-state index contributed by atoms with van der Waals surface area (Å²) in [6.07, 6.45) is 1.47. The quantitative estimate of drug-likeness (QED) is 0.742. The molecule has 0 unspecified atom stereocenters. The maximum atomic E-state index is 11.6. The van der Waals surface area contributed by atoms with Gasteiger partial charge in [-0.1, -0.05) is 6.58 Å². The molecule has 0 aromatic heterocycles. The molecule has 0 heterocycles. The van der Waals surface area contributed by atoms with Crippen LogP contribution in [-0.4, -0.2) is 28.3 Å². The lowest BCUT2D eigenvalue weighted by Gasteiger charge is -2.42. The van der Waals surface area contributed by atoms with E-state index < -0.39 is 23.2 Å². The number of carboxylic acid groups (broad SMARTS) is 1. The van der Waals surface area contributed by atoms with Crippen LogP contribution in [0.15, 0.2) is 12.2 Å². The maximum Gasteiger partial charge on any atom is 0.408 e. The molecule has 0 saturated heterocycles. The fourth-order valence-corrected chi connectivity index (χ4v) is 1.74. The van der Waals surface area contributed by atoms with Crippen molar-refractivity contribution < 1.29 is 19.4 Å². The van der Waals surface area contributed by atoms with Crippen LogP contribution < -0.4 is 5.32 Å². The average Bonchev–Trinajstić information content (AvgIpc) is 2.07. The third kappa shape index (κ3) is 3.22. The van der Waals surface area contributed by atoms with Crippen molar-refractivity contribution in [3.63, 3.8) is 0 Å². The highest BCUT2D eigenvalue weighted by Gasteiger charge is 2.44. The Balaban J connectivity index is 2.67. The molecule has 0 aromatic rings. The van der Waals surface area contributed by atoms with E-state index in [-0.39, 0.29) is 5.57 Å². The van der Waals surface area contributed by atoms with Crippen molar-refractivity contribution in [1.29, 1.82) is 0 Å². The Hall–Kier alpha value is -1.52. The van der Waals surface area contributed by atoms with Crippen LogP contribution in [0.2, 0.25) is 0 Å². The van der Waals surface area contributed by atoms with Crippen LogP contribution in [0, 0.1) is 0 Å². The first kappa shape index (κ1) is 13.5. The number of alkyl carbamates (subject to hydrolysis) is 1. The van der Waals surface area contributed by atoms with E-state index in [9.17, 15) is 9.59 Å². The summed E-state index contributed by atoms with van der Waals surface area (Å²) in [6, 6.07) is 0. The monoisotopic (exact) mass is 241 g/mol. The van der Waals surface area contributed by atoms with Crippen molar-refractivity contribution in [2.75, 3.05) is 0 Å². The van der Waals surface area contributed by atoms with Gasteiger partial charge in [0.05, 0.1) is 11.1 Å². The van der Waals surface area contributed by atoms with Crippen LogP contribution in [0.4, 0.5) is 4.79 Å². The second-order valence-electron chi connectivity index (χ2n) is 5.35. The van der Waals surface area contributed by atoms with Gasteiger partial charge in [0.25, 0.3) is 0 Å². The lowest BCUT2D eigenvalue weighted by molar-refractivity contribution is -0.133. The molecule has 0 atom stereocenters. The Morgan fingerprint density at radius 3 is 2.18 bits per heavy atom. The van der Waals surface area contributed by atoms with Gasteiger partial charge in [-0.25, -0.2) is 9.59 Å². The Morgan fingerprint density at radius 2 is 1.88 bits per heavy atom. The zero-order chi connectivity index (χ0) is 13.3. The summed E-state index contributed by atoms with van der Waals surface area (Å²) in [5, 5.41) is 11.6. The van der Waals surface area contributed by atoms with E-state index in [4.69, 9.17) is 9.84 Å². The van der Waals surface area contributed by atoms with E-state index in [1.807, 2.05) is 0 Å².